The molecule has 2 aliphatic rings. The SMILES string of the molecule is COCCNC(=O)[C@@H]1CN(C(=O)C2CCCC2)C[C@H]1c1cc(OC)ccc1OC. The van der Waals surface area contributed by atoms with E-state index in [0.29, 0.717) is 37.7 Å². The highest BCUT2D eigenvalue weighted by Gasteiger charge is 2.43. The Hall–Kier alpha value is -2.28. The van der Waals surface area contributed by atoms with Crippen molar-refractivity contribution in [3.05, 3.63) is 23.8 Å². The lowest BCUT2D eigenvalue weighted by Crippen LogP contribution is -2.38. The molecule has 29 heavy (non-hydrogen) atoms. The molecule has 2 atom stereocenters. The number of likely N-dealkylation sites (tertiary alicyclic amines) is 1. The van der Waals surface area contributed by atoms with Gasteiger partial charge in [-0.05, 0) is 31.0 Å². The molecule has 0 radical (unpaired) electrons. The van der Waals surface area contributed by atoms with Crippen LogP contribution in [-0.2, 0) is 14.3 Å². The molecule has 0 bridgehead atoms. The van der Waals surface area contributed by atoms with Gasteiger partial charge in [0.25, 0.3) is 0 Å². The first kappa shape index (κ1) is 21.4. The molecule has 2 fully saturated rings. The lowest BCUT2D eigenvalue weighted by atomic mass is 9.87. The number of carbonyl (C=O) groups is 2. The summed E-state index contributed by atoms with van der Waals surface area (Å²) in [5.41, 5.74) is 0.903. The van der Waals surface area contributed by atoms with Gasteiger partial charge in [0.05, 0.1) is 26.7 Å². The van der Waals surface area contributed by atoms with E-state index in [1.165, 1.54) is 0 Å². The monoisotopic (exact) mass is 404 g/mol. The van der Waals surface area contributed by atoms with Crippen LogP contribution in [0, 0.1) is 11.8 Å². The molecule has 0 unspecified atom stereocenters. The summed E-state index contributed by atoms with van der Waals surface area (Å²) in [6, 6.07) is 5.62. The largest absolute Gasteiger partial charge is 0.497 e. The molecule has 1 heterocycles. The summed E-state index contributed by atoms with van der Waals surface area (Å²) in [5.74, 6) is 1.16. The third-order valence-electron chi connectivity index (χ3n) is 6.11. The Labute approximate surface area is 172 Å². The van der Waals surface area contributed by atoms with Crippen molar-refractivity contribution in [1.82, 2.24) is 10.2 Å². The van der Waals surface area contributed by atoms with Gasteiger partial charge >= 0.3 is 0 Å². The Bertz CT molecular complexity index is 717. The molecule has 1 N–H and O–H groups in total. The highest BCUT2D eigenvalue weighted by Crippen LogP contribution is 2.40. The predicted octanol–water partition coefficient (Wildman–Crippen LogP) is 2.20. The fourth-order valence-electron chi connectivity index (χ4n) is 4.53. The molecule has 0 aromatic heterocycles. The fraction of sp³-hybridized carbons (Fsp3) is 0.636. The molecule has 3 rings (SSSR count). The zero-order chi connectivity index (χ0) is 20.8. The zero-order valence-electron chi connectivity index (χ0n) is 17.6. The Balaban J connectivity index is 1.86. The summed E-state index contributed by atoms with van der Waals surface area (Å²) in [6.45, 7) is 1.85. The van der Waals surface area contributed by atoms with Gasteiger partial charge in [-0.25, -0.2) is 0 Å². The summed E-state index contributed by atoms with van der Waals surface area (Å²) in [7, 11) is 4.84. The summed E-state index contributed by atoms with van der Waals surface area (Å²) < 4.78 is 16.0. The minimum absolute atomic E-state index is 0.0568. The van der Waals surface area contributed by atoms with E-state index in [1.807, 2.05) is 23.1 Å². The highest BCUT2D eigenvalue weighted by molar-refractivity contribution is 5.84. The minimum atomic E-state index is -0.335. The van der Waals surface area contributed by atoms with Crippen LogP contribution in [0.1, 0.15) is 37.2 Å². The Morgan fingerprint density at radius 1 is 1.10 bits per heavy atom. The van der Waals surface area contributed by atoms with Crippen LogP contribution < -0.4 is 14.8 Å². The maximum absolute atomic E-state index is 13.0. The summed E-state index contributed by atoms with van der Waals surface area (Å²) >= 11 is 0. The van der Waals surface area contributed by atoms with Crippen LogP contribution in [0.5, 0.6) is 11.5 Å². The first-order valence-electron chi connectivity index (χ1n) is 10.4. The molecule has 7 nitrogen and oxygen atoms in total. The van der Waals surface area contributed by atoms with Gasteiger partial charge in [0.1, 0.15) is 11.5 Å². The molecule has 1 aromatic carbocycles. The van der Waals surface area contributed by atoms with E-state index in [-0.39, 0.29) is 29.6 Å². The Kier molecular flexibility index (Phi) is 7.36. The predicted molar refractivity (Wildman–Crippen MR) is 109 cm³/mol. The van der Waals surface area contributed by atoms with Crippen LogP contribution in [0.15, 0.2) is 18.2 Å². The number of hydrogen-bond donors (Lipinski definition) is 1. The second kappa shape index (κ2) is 9.96. The fourth-order valence-corrected chi connectivity index (χ4v) is 4.53. The van der Waals surface area contributed by atoms with Crippen LogP contribution in [0.25, 0.3) is 0 Å². The third kappa shape index (κ3) is 4.83. The van der Waals surface area contributed by atoms with Crippen molar-refractivity contribution >= 4 is 11.8 Å². The second-order valence-electron chi connectivity index (χ2n) is 7.83. The normalized spacial score (nSPS) is 22.0. The van der Waals surface area contributed by atoms with Crippen molar-refractivity contribution < 1.29 is 23.8 Å². The van der Waals surface area contributed by atoms with Crippen LogP contribution in [0.4, 0.5) is 0 Å². The van der Waals surface area contributed by atoms with Gasteiger partial charge in [-0.15, -0.1) is 0 Å². The van der Waals surface area contributed by atoms with Crippen LogP contribution >= 0.6 is 0 Å². The van der Waals surface area contributed by atoms with E-state index in [2.05, 4.69) is 5.32 Å². The number of amides is 2. The molecular weight excluding hydrogens is 372 g/mol. The van der Waals surface area contributed by atoms with Gasteiger partial charge in [0, 0.05) is 44.1 Å². The van der Waals surface area contributed by atoms with Gasteiger partial charge in [-0.1, -0.05) is 12.8 Å². The number of carbonyl (C=O) groups excluding carboxylic acids is 2. The molecule has 7 heteroatoms. The third-order valence-corrected chi connectivity index (χ3v) is 6.11. The number of methoxy groups -OCH3 is 3. The average Bonchev–Trinajstić information content (AvgIpc) is 3.43. The first-order valence-corrected chi connectivity index (χ1v) is 10.4. The number of nitrogens with one attached hydrogen (secondary N) is 1. The highest BCUT2D eigenvalue weighted by atomic mass is 16.5. The van der Waals surface area contributed by atoms with Crippen molar-refractivity contribution in [1.29, 1.82) is 0 Å². The topological polar surface area (TPSA) is 77.1 Å². The van der Waals surface area contributed by atoms with Crippen LogP contribution in [0.3, 0.4) is 0 Å². The van der Waals surface area contributed by atoms with Crippen LogP contribution in [-0.4, -0.2) is 64.3 Å². The molecule has 0 spiro atoms. The Morgan fingerprint density at radius 2 is 1.86 bits per heavy atom. The number of rotatable bonds is 8. The molecule has 160 valence electrons. The van der Waals surface area contributed by atoms with E-state index < -0.39 is 0 Å². The van der Waals surface area contributed by atoms with E-state index in [1.54, 1.807) is 21.3 Å². The molecule has 1 aromatic rings. The second-order valence-corrected chi connectivity index (χ2v) is 7.83. The van der Waals surface area contributed by atoms with Crippen molar-refractivity contribution in [2.24, 2.45) is 11.8 Å². The molecule has 1 saturated heterocycles. The summed E-state index contributed by atoms with van der Waals surface area (Å²) in [5, 5.41) is 2.95. The maximum atomic E-state index is 13.0. The molecular formula is C22H32N2O5. The van der Waals surface area contributed by atoms with Gasteiger partial charge < -0.3 is 24.4 Å². The maximum Gasteiger partial charge on any atom is 0.225 e. The van der Waals surface area contributed by atoms with Crippen molar-refractivity contribution in [2.45, 2.75) is 31.6 Å². The van der Waals surface area contributed by atoms with E-state index in [9.17, 15) is 9.59 Å². The summed E-state index contributed by atoms with van der Waals surface area (Å²) in [6.07, 6.45) is 4.12. The number of hydrogen-bond acceptors (Lipinski definition) is 5. The van der Waals surface area contributed by atoms with Crippen molar-refractivity contribution in [3.63, 3.8) is 0 Å². The summed E-state index contributed by atoms with van der Waals surface area (Å²) in [4.78, 5) is 27.9. The van der Waals surface area contributed by atoms with E-state index in [4.69, 9.17) is 14.2 Å². The van der Waals surface area contributed by atoms with Gasteiger partial charge in [0.2, 0.25) is 11.8 Å². The van der Waals surface area contributed by atoms with E-state index in [0.717, 1.165) is 31.2 Å². The molecule has 2 amide bonds. The number of benzene rings is 1. The number of ether oxygens (including phenoxy) is 3. The van der Waals surface area contributed by atoms with Crippen LogP contribution in [0.2, 0.25) is 0 Å². The molecule has 1 aliphatic heterocycles. The first-order chi connectivity index (χ1) is 14.1. The lowest BCUT2D eigenvalue weighted by molar-refractivity contribution is -0.134. The van der Waals surface area contributed by atoms with Crippen molar-refractivity contribution in [2.75, 3.05) is 47.6 Å². The van der Waals surface area contributed by atoms with Gasteiger partial charge in [0.15, 0.2) is 0 Å². The average molecular weight is 405 g/mol. The minimum Gasteiger partial charge on any atom is -0.497 e. The molecule has 1 aliphatic carbocycles. The van der Waals surface area contributed by atoms with Crippen molar-refractivity contribution in [3.8, 4) is 11.5 Å². The quantitative estimate of drug-likeness (QED) is 0.672. The molecule has 1 saturated carbocycles. The lowest BCUT2D eigenvalue weighted by Gasteiger charge is -2.21. The standard InChI is InChI=1S/C22H32N2O5/c1-27-11-10-23-21(25)19-14-24(22(26)15-6-4-5-7-15)13-18(19)17-12-16(28-2)8-9-20(17)29-3/h8-9,12,15,18-19H,4-7,10-11,13-14H2,1-3H3,(H,23,25)/t18-,19+/m0/s1. The number of nitrogens with zero attached hydrogens (tertiary/aromatic N) is 1. The smallest absolute Gasteiger partial charge is 0.225 e. The van der Waals surface area contributed by atoms with Gasteiger partial charge in [-0.2, -0.15) is 0 Å². The van der Waals surface area contributed by atoms with Gasteiger partial charge in [-0.3, -0.25) is 9.59 Å². The van der Waals surface area contributed by atoms with E-state index >= 15 is 0 Å². The Morgan fingerprint density at radius 3 is 2.52 bits per heavy atom. The zero-order valence-corrected chi connectivity index (χ0v) is 17.6.